The molecule has 2 atom stereocenters. The first-order valence-corrected chi connectivity index (χ1v) is 6.99. The molecule has 0 aromatic carbocycles. The number of rotatable bonds is 2. The molecule has 0 bridgehead atoms. The van der Waals surface area contributed by atoms with Crippen molar-refractivity contribution in [2.24, 2.45) is 5.73 Å². The van der Waals surface area contributed by atoms with Gasteiger partial charge in [0.15, 0.2) is 0 Å². The fourth-order valence-electron chi connectivity index (χ4n) is 1.80. The number of allylic oxidation sites excluding steroid dienone is 1. The number of amides is 1. The highest BCUT2D eigenvalue weighted by atomic mass is 32.2. The highest BCUT2D eigenvalue weighted by Crippen LogP contribution is 2.39. The maximum Gasteiger partial charge on any atom is 0.247 e. The minimum absolute atomic E-state index is 0.0818. The van der Waals surface area contributed by atoms with E-state index in [2.05, 4.69) is 6.26 Å². The molecular weight excluding hydrogens is 216 g/mol. The van der Waals surface area contributed by atoms with Gasteiger partial charge in [0.25, 0.3) is 0 Å². The summed E-state index contributed by atoms with van der Waals surface area (Å²) in [5, 5.41) is 0.202. The average molecular weight is 230 g/mol. The second kappa shape index (κ2) is 3.79. The van der Waals surface area contributed by atoms with Gasteiger partial charge in [-0.3, -0.25) is 4.79 Å². The minimum Gasteiger partial charge on any atom is -0.317 e. The van der Waals surface area contributed by atoms with Crippen LogP contribution in [0.25, 0.3) is 0 Å². The largest absolute Gasteiger partial charge is 0.317 e. The molecule has 2 rings (SSSR count). The van der Waals surface area contributed by atoms with Crippen molar-refractivity contribution in [3.8, 4) is 0 Å². The summed E-state index contributed by atoms with van der Waals surface area (Å²) in [6.07, 6.45) is 2.08. The summed E-state index contributed by atoms with van der Waals surface area (Å²) in [5.41, 5.74) is 8.23. The van der Waals surface area contributed by atoms with Gasteiger partial charge in [0.2, 0.25) is 5.91 Å². The van der Waals surface area contributed by atoms with E-state index in [-0.39, 0.29) is 17.3 Å². The van der Waals surface area contributed by atoms with Crippen LogP contribution in [0, 0.1) is 0 Å². The standard InChI is InChI=1S/C9H14N2OS2/c1-5-6(3-13-2)4-14-9-7(10)8(12)11(5)9/h7,9H,3-4,10H2,1-2H3. The zero-order valence-corrected chi connectivity index (χ0v) is 9.95. The van der Waals surface area contributed by atoms with E-state index in [0.717, 1.165) is 17.2 Å². The first-order chi connectivity index (χ1) is 6.66. The summed E-state index contributed by atoms with van der Waals surface area (Å²) in [5.74, 6) is 2.12. The Labute approximate surface area is 92.5 Å². The number of hydrogen-bond acceptors (Lipinski definition) is 4. The number of fused-ring (bicyclic) bond motifs is 1. The predicted molar refractivity (Wildman–Crippen MR) is 62.1 cm³/mol. The molecule has 5 heteroatoms. The number of carbonyl (C=O) groups excluding carboxylic acids is 1. The molecule has 1 amide bonds. The van der Waals surface area contributed by atoms with Crippen LogP contribution >= 0.6 is 23.5 Å². The Morgan fingerprint density at radius 1 is 1.71 bits per heavy atom. The normalized spacial score (nSPS) is 31.6. The Balaban J connectivity index is 2.19. The molecule has 2 aliphatic heterocycles. The maximum absolute atomic E-state index is 11.5. The van der Waals surface area contributed by atoms with Crippen LogP contribution < -0.4 is 5.73 Å². The summed E-state index contributed by atoms with van der Waals surface area (Å²) in [4.78, 5) is 13.4. The third kappa shape index (κ3) is 1.38. The molecule has 0 aliphatic carbocycles. The highest BCUT2D eigenvalue weighted by Gasteiger charge is 2.48. The van der Waals surface area contributed by atoms with E-state index in [1.54, 1.807) is 23.5 Å². The van der Waals surface area contributed by atoms with Gasteiger partial charge in [0.1, 0.15) is 11.4 Å². The van der Waals surface area contributed by atoms with Crippen LogP contribution in [0.4, 0.5) is 0 Å². The molecule has 0 saturated carbocycles. The molecule has 2 heterocycles. The number of β-lactam (4-membered cyclic amide) rings is 1. The Kier molecular flexibility index (Phi) is 2.81. The minimum atomic E-state index is -0.272. The van der Waals surface area contributed by atoms with Gasteiger partial charge in [-0.1, -0.05) is 0 Å². The van der Waals surface area contributed by atoms with Crippen molar-refractivity contribution in [3.05, 3.63) is 11.3 Å². The van der Waals surface area contributed by atoms with Gasteiger partial charge in [-0.05, 0) is 18.8 Å². The van der Waals surface area contributed by atoms with Crippen molar-refractivity contribution >= 4 is 29.4 Å². The van der Waals surface area contributed by atoms with Gasteiger partial charge in [-0.2, -0.15) is 11.8 Å². The van der Waals surface area contributed by atoms with Gasteiger partial charge >= 0.3 is 0 Å². The van der Waals surface area contributed by atoms with E-state index in [1.165, 1.54) is 5.57 Å². The fourth-order valence-corrected chi connectivity index (χ4v) is 4.01. The number of thioether (sulfide) groups is 2. The van der Waals surface area contributed by atoms with E-state index in [4.69, 9.17) is 5.73 Å². The number of hydrogen-bond donors (Lipinski definition) is 1. The molecule has 1 fully saturated rings. The topological polar surface area (TPSA) is 46.3 Å². The lowest BCUT2D eigenvalue weighted by Gasteiger charge is -2.48. The smallest absolute Gasteiger partial charge is 0.247 e. The lowest BCUT2D eigenvalue weighted by molar-refractivity contribution is -0.141. The van der Waals surface area contributed by atoms with Crippen LogP contribution in [-0.2, 0) is 4.79 Å². The van der Waals surface area contributed by atoms with Crippen LogP contribution in [0.3, 0.4) is 0 Å². The SMILES string of the molecule is CSCC1=C(C)N2C(=O)C(N)C2SC1. The first-order valence-electron chi connectivity index (χ1n) is 4.54. The van der Waals surface area contributed by atoms with Gasteiger partial charge in [-0.25, -0.2) is 0 Å². The maximum atomic E-state index is 11.5. The van der Waals surface area contributed by atoms with E-state index in [1.807, 2.05) is 11.8 Å². The van der Waals surface area contributed by atoms with Crippen molar-refractivity contribution in [1.29, 1.82) is 0 Å². The van der Waals surface area contributed by atoms with Gasteiger partial charge in [-0.15, -0.1) is 11.8 Å². The Morgan fingerprint density at radius 2 is 2.43 bits per heavy atom. The van der Waals surface area contributed by atoms with Crippen molar-refractivity contribution in [2.75, 3.05) is 17.8 Å². The van der Waals surface area contributed by atoms with Crippen molar-refractivity contribution in [1.82, 2.24) is 4.90 Å². The number of nitrogens with zero attached hydrogens (tertiary/aromatic N) is 1. The quantitative estimate of drug-likeness (QED) is 0.715. The van der Waals surface area contributed by atoms with E-state index in [0.29, 0.717) is 0 Å². The third-order valence-corrected chi connectivity index (χ3v) is 4.70. The highest BCUT2D eigenvalue weighted by molar-refractivity contribution is 8.00. The van der Waals surface area contributed by atoms with Crippen LogP contribution in [-0.4, -0.2) is 40.0 Å². The molecule has 1 saturated heterocycles. The van der Waals surface area contributed by atoms with E-state index < -0.39 is 0 Å². The van der Waals surface area contributed by atoms with Crippen LogP contribution in [0.1, 0.15) is 6.92 Å². The van der Waals surface area contributed by atoms with E-state index in [9.17, 15) is 4.79 Å². The van der Waals surface area contributed by atoms with Gasteiger partial charge in [0, 0.05) is 17.2 Å². The van der Waals surface area contributed by atoms with Crippen molar-refractivity contribution in [3.63, 3.8) is 0 Å². The Bertz CT molecular complexity index is 303. The van der Waals surface area contributed by atoms with E-state index >= 15 is 0 Å². The molecule has 0 aromatic heterocycles. The summed E-state index contributed by atoms with van der Waals surface area (Å²) < 4.78 is 0. The van der Waals surface area contributed by atoms with Crippen LogP contribution in [0.5, 0.6) is 0 Å². The summed E-state index contributed by atoms with van der Waals surface area (Å²) in [7, 11) is 0. The molecular formula is C9H14N2OS2. The van der Waals surface area contributed by atoms with Crippen molar-refractivity contribution in [2.45, 2.75) is 18.3 Å². The number of carbonyl (C=O) groups is 1. The Hall–Kier alpha value is -0.130. The molecule has 2 aliphatic rings. The third-order valence-electron chi connectivity index (χ3n) is 2.70. The zero-order chi connectivity index (χ0) is 10.3. The van der Waals surface area contributed by atoms with Crippen LogP contribution in [0.15, 0.2) is 11.3 Å². The number of nitrogens with two attached hydrogens (primary N) is 1. The van der Waals surface area contributed by atoms with Gasteiger partial charge in [0.05, 0.1) is 0 Å². The monoisotopic (exact) mass is 230 g/mol. The fraction of sp³-hybridized carbons (Fsp3) is 0.667. The molecule has 0 spiro atoms. The molecule has 0 radical (unpaired) electrons. The molecule has 78 valence electrons. The summed E-state index contributed by atoms with van der Waals surface area (Å²) >= 11 is 3.59. The molecule has 3 nitrogen and oxygen atoms in total. The Morgan fingerprint density at radius 3 is 3.07 bits per heavy atom. The molecule has 2 unspecified atom stereocenters. The first kappa shape index (κ1) is 10.4. The second-order valence-corrected chi connectivity index (χ2v) is 5.53. The average Bonchev–Trinajstić information content (AvgIpc) is 2.20. The van der Waals surface area contributed by atoms with Crippen LogP contribution in [0.2, 0.25) is 0 Å². The van der Waals surface area contributed by atoms with Gasteiger partial charge < -0.3 is 10.6 Å². The lowest BCUT2D eigenvalue weighted by Crippen LogP contribution is -2.67. The lowest BCUT2D eigenvalue weighted by atomic mass is 10.1. The van der Waals surface area contributed by atoms with Crippen molar-refractivity contribution < 1.29 is 4.79 Å². The zero-order valence-electron chi connectivity index (χ0n) is 8.32. The summed E-state index contributed by atoms with van der Waals surface area (Å²) in [6.45, 7) is 2.03. The second-order valence-electron chi connectivity index (χ2n) is 3.56. The molecule has 2 N–H and O–H groups in total. The molecule has 14 heavy (non-hydrogen) atoms. The summed E-state index contributed by atoms with van der Waals surface area (Å²) in [6, 6.07) is -0.272. The predicted octanol–water partition coefficient (Wildman–Crippen LogP) is 0.866. The molecule has 0 aromatic rings.